The minimum absolute atomic E-state index is 0.781. The summed E-state index contributed by atoms with van der Waals surface area (Å²) in [5.74, 6) is 0. The van der Waals surface area contributed by atoms with E-state index in [1.807, 2.05) is 0 Å². The van der Waals surface area contributed by atoms with Crippen molar-refractivity contribution < 1.29 is 27.5 Å². The third kappa shape index (κ3) is 18.4. The molecular weight excluding hydrogens is 719 g/mol. The van der Waals surface area contributed by atoms with Crippen LogP contribution in [0.25, 0.3) is 16.9 Å². The molecule has 0 fully saturated rings. The van der Waals surface area contributed by atoms with Crippen LogP contribution in [0.1, 0.15) is 217 Å². The second kappa shape index (κ2) is 31.0. The molecule has 5 heteroatoms. The van der Waals surface area contributed by atoms with Gasteiger partial charge in [0.15, 0.2) is 0 Å². The molecule has 0 atom stereocenters. The summed E-state index contributed by atoms with van der Waals surface area (Å²) < 4.78 is 11.6. The Hall–Kier alpha value is -2.07. The van der Waals surface area contributed by atoms with Crippen molar-refractivity contribution in [2.24, 2.45) is 0 Å². The van der Waals surface area contributed by atoms with Crippen LogP contribution in [0.5, 0.6) is 0 Å². The van der Waals surface area contributed by atoms with Gasteiger partial charge in [-0.1, -0.05) is 118 Å². The molecule has 1 heterocycles. The Labute approximate surface area is 346 Å². The predicted molar refractivity (Wildman–Crippen MR) is 235 cm³/mol. The molecule has 0 unspecified atom stereocenters. The zero-order chi connectivity index (χ0) is 40.1. The third-order valence-electron chi connectivity index (χ3n) is 10.5. The quantitative estimate of drug-likeness (QED) is 0.0449. The summed E-state index contributed by atoms with van der Waals surface area (Å²) in [5, 5.41) is 0. The Kier molecular flexibility index (Phi) is 27.7. The predicted octanol–water partition coefficient (Wildman–Crippen LogP) is 15.9. The zero-order valence-corrected chi connectivity index (χ0v) is 37.9. The molecular formula is C50H82N2NiO2. The average Bonchev–Trinajstić information content (AvgIpc) is 3.48. The molecule has 3 rings (SSSR count). The van der Waals surface area contributed by atoms with Gasteiger partial charge in [-0.3, -0.25) is 0 Å². The number of nitrogens with zero attached hydrogens (tertiary/aromatic N) is 2. The summed E-state index contributed by atoms with van der Waals surface area (Å²) in [7, 11) is 0. The fourth-order valence-corrected chi connectivity index (χ4v) is 8.00. The van der Waals surface area contributed by atoms with Crippen LogP contribution in [-0.4, -0.2) is 17.9 Å². The summed E-state index contributed by atoms with van der Waals surface area (Å²) in [4.78, 5) is 0. The normalized spacial score (nSPS) is 13.0. The van der Waals surface area contributed by atoms with Gasteiger partial charge in [-0.2, -0.15) is 0 Å². The third-order valence-corrected chi connectivity index (χ3v) is 11.1. The minimum atomic E-state index is 0.781. The summed E-state index contributed by atoms with van der Waals surface area (Å²) in [6, 6.07) is 14.6. The molecule has 314 valence electrons. The Balaban J connectivity index is 0.00000103. The molecule has 0 aliphatic carbocycles. The molecule has 0 aromatic heterocycles. The summed E-state index contributed by atoms with van der Waals surface area (Å²) in [6.07, 6.45) is 28.3. The van der Waals surface area contributed by atoms with E-state index in [1.165, 1.54) is 122 Å². The molecule has 4 nitrogen and oxygen atoms in total. The van der Waals surface area contributed by atoms with E-state index in [0.29, 0.717) is 0 Å². The number of benzene rings is 2. The van der Waals surface area contributed by atoms with Crippen molar-refractivity contribution in [3.05, 3.63) is 86.5 Å². The number of allylic oxidation sites excluding steroid dienone is 2. The first-order valence-electron chi connectivity index (χ1n) is 23.0. The average molecular weight is 802 g/mol. The zero-order valence-electron chi connectivity index (χ0n) is 36.9. The van der Waals surface area contributed by atoms with Gasteiger partial charge in [0.1, 0.15) is 0 Å². The van der Waals surface area contributed by atoms with Gasteiger partial charge < -0.3 is 5.53 Å². The van der Waals surface area contributed by atoms with Crippen molar-refractivity contribution in [1.82, 2.24) is 0 Å². The molecule has 0 amide bonds. The van der Waals surface area contributed by atoms with Crippen LogP contribution in [0, 0.1) is 0 Å². The fourth-order valence-electron chi connectivity index (χ4n) is 7.35. The molecule has 0 radical (unpaired) electrons. The molecule has 0 spiro atoms. The van der Waals surface area contributed by atoms with Crippen LogP contribution in [0.2, 0.25) is 0 Å². The van der Waals surface area contributed by atoms with Gasteiger partial charge in [-0.25, -0.2) is 4.70 Å². The maximum absolute atomic E-state index is 12.4. The Morgan fingerprint density at radius 2 is 0.727 bits per heavy atom. The van der Waals surface area contributed by atoms with Gasteiger partial charge in [0, 0.05) is 22.3 Å². The van der Waals surface area contributed by atoms with Gasteiger partial charge in [0.25, 0.3) is 0 Å². The molecule has 55 heavy (non-hydrogen) atoms. The second-order valence-electron chi connectivity index (χ2n) is 15.7. The van der Waals surface area contributed by atoms with Crippen molar-refractivity contribution in [3.63, 3.8) is 0 Å². The van der Waals surface area contributed by atoms with E-state index < -0.39 is 0 Å². The topological polar surface area (TPSA) is 43.8 Å². The van der Waals surface area contributed by atoms with Crippen molar-refractivity contribution in [2.45, 2.75) is 209 Å². The van der Waals surface area contributed by atoms with Crippen LogP contribution in [0.15, 0.2) is 47.5 Å². The van der Waals surface area contributed by atoms with Crippen molar-refractivity contribution >= 4 is 11.4 Å². The van der Waals surface area contributed by atoms with Crippen LogP contribution in [0.3, 0.4) is 0 Å². The Morgan fingerprint density at radius 1 is 0.400 bits per heavy atom. The van der Waals surface area contributed by atoms with Crippen LogP contribution >= 0.6 is 0 Å². The molecule has 1 aliphatic rings. The van der Waals surface area contributed by atoms with Crippen LogP contribution in [0.4, 0.5) is 0 Å². The van der Waals surface area contributed by atoms with Gasteiger partial charge in [0.2, 0.25) is 11.4 Å². The van der Waals surface area contributed by atoms with E-state index >= 15 is 0 Å². The first-order valence-corrected chi connectivity index (χ1v) is 23.8. The molecule has 0 saturated carbocycles. The molecule has 2 aromatic rings. The molecule has 0 N–H and O–H groups in total. The second-order valence-corrected chi connectivity index (χ2v) is 16.5. The first kappa shape index (κ1) is 49.1. The standard InChI is InChI=1S/C44H68N2.2C3H7O.Ni/c1-7-13-19-21-25-37-30-38(26-22-20-14-8-2)34-40(33-37)44-42(28-18-12-6)41(27-17-11-5)43(46(44)45)39-31-35(23-15-9-3)29-36(32-39)24-16-10-4;2*1-2-3-4;/h29-34H,7-28H2,1-6H3;2*2-3H2,1H3;/q;2*-1;+2. The van der Waals surface area contributed by atoms with Crippen LogP contribution in [-0.2, 0) is 48.5 Å². The molecule has 1 aliphatic heterocycles. The number of rotatable bonds is 30. The Bertz CT molecular complexity index is 1350. The first-order chi connectivity index (χ1) is 26.9. The summed E-state index contributed by atoms with van der Waals surface area (Å²) >= 11 is 0.942. The maximum atomic E-state index is 12.4. The molecule has 2 aromatic carbocycles. The van der Waals surface area contributed by atoms with Gasteiger partial charge >= 0.3 is 62.7 Å². The molecule has 0 saturated heterocycles. The van der Waals surface area contributed by atoms with Gasteiger partial charge in [-0.15, -0.1) is 0 Å². The van der Waals surface area contributed by atoms with E-state index in [4.69, 9.17) is 7.76 Å². The van der Waals surface area contributed by atoms with E-state index in [0.717, 1.165) is 117 Å². The van der Waals surface area contributed by atoms with Gasteiger partial charge in [-0.05, 0) is 124 Å². The number of hydrogen-bond donors (Lipinski definition) is 0. The fraction of sp³-hybridized carbons (Fsp3) is 0.680. The SMILES string of the molecule is CCCCCCc1cc(CCCCCC)cc(C2=C(CCCC)C(CCCC)=C(c3cc(CCCC)cc(CCCC)c3)[N+]2=[N-])c1.CCC[O][Ni][O]CCC. The summed E-state index contributed by atoms with van der Waals surface area (Å²) in [6.45, 7) is 19.5. The summed E-state index contributed by atoms with van der Waals surface area (Å²) in [5.41, 5.74) is 25.5. The van der Waals surface area contributed by atoms with Crippen molar-refractivity contribution in [1.29, 1.82) is 0 Å². The van der Waals surface area contributed by atoms with Crippen LogP contribution < -0.4 is 0 Å². The monoisotopic (exact) mass is 801 g/mol. The van der Waals surface area contributed by atoms with E-state index in [-0.39, 0.29) is 0 Å². The van der Waals surface area contributed by atoms with Gasteiger partial charge in [0.05, 0.1) is 0 Å². The van der Waals surface area contributed by atoms with E-state index in [9.17, 15) is 5.53 Å². The van der Waals surface area contributed by atoms with Crippen molar-refractivity contribution in [3.8, 4) is 0 Å². The number of unbranched alkanes of at least 4 members (excludes halogenated alkanes) is 10. The Morgan fingerprint density at radius 3 is 1.05 bits per heavy atom. The number of hydrogen-bond acceptors (Lipinski definition) is 2. The van der Waals surface area contributed by atoms with Crippen molar-refractivity contribution in [2.75, 3.05) is 13.2 Å². The van der Waals surface area contributed by atoms with E-state index in [2.05, 4.69) is 91.8 Å². The number of aryl methyl sites for hydroxylation is 4. The van der Waals surface area contributed by atoms with E-state index in [1.54, 1.807) is 4.70 Å². The molecule has 0 bridgehead atoms.